The highest BCUT2D eigenvalue weighted by Gasteiger charge is 2.10. The third kappa shape index (κ3) is 1.40. The van der Waals surface area contributed by atoms with Crippen LogP contribution in [0.2, 0.25) is 0 Å². The van der Waals surface area contributed by atoms with Crippen molar-refractivity contribution in [1.29, 1.82) is 0 Å². The second-order valence-corrected chi connectivity index (χ2v) is 3.64. The average molecular weight is 206 g/mol. The third-order valence-corrected chi connectivity index (χ3v) is 2.51. The van der Waals surface area contributed by atoms with Crippen molar-refractivity contribution < 1.29 is 0 Å². The van der Waals surface area contributed by atoms with Crippen LogP contribution in [0.1, 0.15) is 19.0 Å². The summed E-state index contributed by atoms with van der Waals surface area (Å²) in [6, 6.07) is 1.90. The van der Waals surface area contributed by atoms with E-state index in [0.717, 1.165) is 12.1 Å². The average Bonchev–Trinajstić information content (AvgIpc) is 2.54. The smallest absolute Gasteiger partial charge is 0.264 e. The molecule has 0 aliphatic carbocycles. The van der Waals surface area contributed by atoms with E-state index in [9.17, 15) is 4.79 Å². The molecule has 0 aliphatic heterocycles. The summed E-state index contributed by atoms with van der Waals surface area (Å²) >= 11 is 0. The first-order chi connectivity index (χ1) is 7.15. The topological polar surface area (TPSA) is 76.7 Å². The molecule has 0 amide bonds. The predicted molar refractivity (Wildman–Crippen MR) is 59.8 cm³/mol. The van der Waals surface area contributed by atoms with E-state index < -0.39 is 0 Å². The Labute approximate surface area is 86.9 Å². The number of pyridine rings is 1. The van der Waals surface area contributed by atoms with Gasteiger partial charge in [0.1, 0.15) is 5.39 Å². The van der Waals surface area contributed by atoms with Crippen molar-refractivity contribution in [1.82, 2.24) is 14.8 Å². The summed E-state index contributed by atoms with van der Waals surface area (Å²) in [6.07, 6.45) is 0.921. The van der Waals surface area contributed by atoms with Gasteiger partial charge >= 0.3 is 0 Å². The quantitative estimate of drug-likeness (QED) is 0.770. The van der Waals surface area contributed by atoms with Gasteiger partial charge in [0.15, 0.2) is 5.82 Å². The van der Waals surface area contributed by atoms with Crippen molar-refractivity contribution in [3.05, 3.63) is 22.1 Å². The molecule has 5 heteroatoms. The number of aryl methyl sites for hydroxylation is 1. The lowest BCUT2D eigenvalue weighted by molar-refractivity contribution is 0.641. The van der Waals surface area contributed by atoms with Crippen molar-refractivity contribution in [3.8, 4) is 0 Å². The van der Waals surface area contributed by atoms with Gasteiger partial charge in [-0.1, -0.05) is 6.92 Å². The Bertz CT molecular complexity index is 552. The van der Waals surface area contributed by atoms with E-state index in [4.69, 9.17) is 5.73 Å². The lowest BCUT2D eigenvalue weighted by atomic mass is 10.2. The fourth-order valence-corrected chi connectivity index (χ4v) is 1.78. The molecule has 0 saturated heterocycles. The van der Waals surface area contributed by atoms with Gasteiger partial charge in [0.25, 0.3) is 5.56 Å². The zero-order valence-electron chi connectivity index (χ0n) is 8.87. The summed E-state index contributed by atoms with van der Waals surface area (Å²) in [5.41, 5.74) is 7.22. The first kappa shape index (κ1) is 9.76. The largest absolute Gasteiger partial charge is 0.382 e. The van der Waals surface area contributed by atoms with Gasteiger partial charge in [-0.3, -0.25) is 9.89 Å². The molecule has 0 aliphatic rings. The molecule has 2 aromatic heterocycles. The molecule has 80 valence electrons. The van der Waals surface area contributed by atoms with Crippen LogP contribution in [0, 0.1) is 6.92 Å². The molecule has 2 rings (SSSR count). The van der Waals surface area contributed by atoms with E-state index in [-0.39, 0.29) is 11.4 Å². The molecule has 0 atom stereocenters. The van der Waals surface area contributed by atoms with Gasteiger partial charge in [0.05, 0.1) is 5.52 Å². The number of H-pyrrole nitrogens is 1. The molecule has 0 bridgehead atoms. The maximum absolute atomic E-state index is 12.0. The molecule has 0 unspecified atom stereocenters. The Balaban J connectivity index is 2.81. The fourth-order valence-electron chi connectivity index (χ4n) is 1.78. The monoisotopic (exact) mass is 206 g/mol. The summed E-state index contributed by atoms with van der Waals surface area (Å²) < 4.78 is 1.73. The van der Waals surface area contributed by atoms with Crippen molar-refractivity contribution in [2.45, 2.75) is 26.8 Å². The Kier molecular flexibility index (Phi) is 2.22. The zero-order chi connectivity index (χ0) is 11.0. The predicted octanol–water partition coefficient (Wildman–Crippen LogP) is 1.03. The van der Waals surface area contributed by atoms with E-state index in [1.807, 2.05) is 19.9 Å². The molecule has 15 heavy (non-hydrogen) atoms. The standard InChI is InChI=1S/C10H14N4O/c1-3-4-14-6(2)5-7-8(10(14)15)9(11)13-12-7/h5H,3-4H2,1-2H3,(H3,11,12,13). The van der Waals surface area contributed by atoms with Gasteiger partial charge in [0, 0.05) is 12.2 Å². The normalized spacial score (nSPS) is 11.1. The summed E-state index contributed by atoms with van der Waals surface area (Å²) in [4.78, 5) is 12.0. The first-order valence-electron chi connectivity index (χ1n) is 4.99. The van der Waals surface area contributed by atoms with Gasteiger partial charge < -0.3 is 10.3 Å². The van der Waals surface area contributed by atoms with Crippen LogP contribution in [0.25, 0.3) is 10.9 Å². The van der Waals surface area contributed by atoms with Crippen LogP contribution in [0.15, 0.2) is 10.9 Å². The van der Waals surface area contributed by atoms with Crippen molar-refractivity contribution in [3.63, 3.8) is 0 Å². The lowest BCUT2D eigenvalue weighted by Gasteiger charge is -2.08. The minimum atomic E-state index is -0.0573. The number of hydrogen-bond donors (Lipinski definition) is 2. The molecule has 0 fully saturated rings. The second kappa shape index (κ2) is 3.42. The highest BCUT2D eigenvalue weighted by molar-refractivity contribution is 5.87. The molecule has 5 nitrogen and oxygen atoms in total. The number of nitrogens with zero attached hydrogens (tertiary/aromatic N) is 2. The van der Waals surface area contributed by atoms with Crippen LogP contribution in [0.4, 0.5) is 5.82 Å². The van der Waals surface area contributed by atoms with Crippen LogP contribution < -0.4 is 11.3 Å². The third-order valence-electron chi connectivity index (χ3n) is 2.51. The Morgan fingerprint density at radius 3 is 3.00 bits per heavy atom. The summed E-state index contributed by atoms with van der Waals surface area (Å²) in [5.74, 6) is 0.278. The van der Waals surface area contributed by atoms with Crippen molar-refractivity contribution in [2.75, 3.05) is 5.73 Å². The molecule has 0 radical (unpaired) electrons. The van der Waals surface area contributed by atoms with Crippen molar-refractivity contribution >= 4 is 16.7 Å². The fraction of sp³-hybridized carbons (Fsp3) is 0.400. The maximum atomic E-state index is 12.0. The number of aromatic amines is 1. The number of anilines is 1. The SMILES string of the molecule is CCCn1c(C)cc2[nH]nc(N)c2c1=O. The van der Waals surface area contributed by atoms with Crippen LogP contribution in [0.5, 0.6) is 0 Å². The Hall–Kier alpha value is -1.78. The van der Waals surface area contributed by atoms with Gasteiger partial charge in [-0.15, -0.1) is 0 Å². The number of nitrogen functional groups attached to an aromatic ring is 1. The molecule has 0 aromatic carbocycles. The highest BCUT2D eigenvalue weighted by Crippen LogP contribution is 2.14. The Morgan fingerprint density at radius 1 is 1.60 bits per heavy atom. The first-order valence-corrected chi connectivity index (χ1v) is 4.99. The van der Waals surface area contributed by atoms with E-state index in [0.29, 0.717) is 17.4 Å². The molecule has 2 aromatic rings. The van der Waals surface area contributed by atoms with Crippen LogP contribution >= 0.6 is 0 Å². The lowest BCUT2D eigenvalue weighted by Crippen LogP contribution is -2.22. The maximum Gasteiger partial charge on any atom is 0.264 e. The molecule has 3 N–H and O–H groups in total. The number of aromatic nitrogens is 3. The number of nitrogens with one attached hydrogen (secondary N) is 1. The van der Waals surface area contributed by atoms with Crippen molar-refractivity contribution in [2.24, 2.45) is 0 Å². The van der Waals surface area contributed by atoms with E-state index in [1.54, 1.807) is 4.57 Å². The molecular formula is C10H14N4O. The van der Waals surface area contributed by atoms with Crippen LogP contribution in [0.3, 0.4) is 0 Å². The highest BCUT2D eigenvalue weighted by atomic mass is 16.1. The van der Waals surface area contributed by atoms with Gasteiger partial charge in [-0.2, -0.15) is 5.10 Å². The van der Waals surface area contributed by atoms with Gasteiger partial charge in [0.2, 0.25) is 0 Å². The number of fused-ring (bicyclic) bond motifs is 1. The number of hydrogen-bond acceptors (Lipinski definition) is 3. The number of nitrogens with two attached hydrogens (primary N) is 1. The minimum absolute atomic E-state index is 0.0573. The zero-order valence-corrected chi connectivity index (χ0v) is 8.87. The number of rotatable bonds is 2. The van der Waals surface area contributed by atoms with E-state index >= 15 is 0 Å². The van der Waals surface area contributed by atoms with E-state index in [2.05, 4.69) is 10.2 Å². The second-order valence-electron chi connectivity index (χ2n) is 3.64. The molecule has 0 spiro atoms. The Morgan fingerprint density at radius 2 is 2.33 bits per heavy atom. The molecule has 2 heterocycles. The minimum Gasteiger partial charge on any atom is -0.382 e. The van der Waals surface area contributed by atoms with Gasteiger partial charge in [-0.25, -0.2) is 0 Å². The van der Waals surface area contributed by atoms with Crippen LogP contribution in [-0.4, -0.2) is 14.8 Å². The molecular weight excluding hydrogens is 192 g/mol. The van der Waals surface area contributed by atoms with Gasteiger partial charge in [-0.05, 0) is 19.4 Å². The summed E-state index contributed by atoms with van der Waals surface area (Å²) in [6.45, 7) is 4.66. The van der Waals surface area contributed by atoms with Crippen LogP contribution in [-0.2, 0) is 6.54 Å². The molecule has 0 saturated carbocycles. The summed E-state index contributed by atoms with van der Waals surface area (Å²) in [5, 5.41) is 7.08. The summed E-state index contributed by atoms with van der Waals surface area (Å²) in [7, 11) is 0. The van der Waals surface area contributed by atoms with E-state index in [1.165, 1.54) is 0 Å².